The van der Waals surface area contributed by atoms with Gasteiger partial charge in [-0.2, -0.15) is 0 Å². The number of hydrogen-bond acceptors (Lipinski definition) is 3. The smallest absolute Gasteiger partial charge is 0.407 e. The highest BCUT2D eigenvalue weighted by Gasteiger charge is 2.20. The SMILES string of the molecule is CC(C)(C)OC(=O)N[C@@H]1CCCCC(O)CCC1. The van der Waals surface area contributed by atoms with Crippen LogP contribution in [0, 0.1) is 0 Å². The number of nitrogens with one attached hydrogen (secondary N) is 1. The molecule has 0 radical (unpaired) electrons. The van der Waals surface area contributed by atoms with Gasteiger partial charge in [-0.1, -0.05) is 12.8 Å². The molecule has 1 aliphatic carbocycles. The van der Waals surface area contributed by atoms with Crippen molar-refractivity contribution in [3.8, 4) is 0 Å². The number of ether oxygens (including phenoxy) is 1. The number of amides is 1. The predicted octanol–water partition coefficient (Wildman–Crippen LogP) is 2.98. The van der Waals surface area contributed by atoms with Crippen molar-refractivity contribution in [2.24, 2.45) is 0 Å². The van der Waals surface area contributed by atoms with Gasteiger partial charge >= 0.3 is 6.09 Å². The maximum Gasteiger partial charge on any atom is 0.407 e. The minimum atomic E-state index is -0.446. The Bertz CT molecular complexity index is 260. The quantitative estimate of drug-likeness (QED) is 0.759. The van der Waals surface area contributed by atoms with E-state index in [-0.39, 0.29) is 18.2 Å². The molecule has 4 heteroatoms. The van der Waals surface area contributed by atoms with Gasteiger partial charge in [0.15, 0.2) is 0 Å². The van der Waals surface area contributed by atoms with E-state index in [1.807, 2.05) is 20.8 Å². The third-order valence-electron chi connectivity index (χ3n) is 3.15. The van der Waals surface area contributed by atoms with Gasteiger partial charge in [-0.05, 0) is 52.9 Å². The second-order valence-corrected chi connectivity index (χ2v) is 6.21. The molecule has 1 fully saturated rings. The Morgan fingerprint density at radius 3 is 2.33 bits per heavy atom. The lowest BCUT2D eigenvalue weighted by Crippen LogP contribution is -2.39. The predicted molar refractivity (Wildman–Crippen MR) is 71.5 cm³/mol. The normalized spacial score (nSPS) is 26.7. The molecular formula is C14H27NO3. The molecule has 0 aromatic rings. The molecule has 0 aliphatic heterocycles. The minimum absolute atomic E-state index is 0.162. The lowest BCUT2D eigenvalue weighted by Gasteiger charge is -2.23. The highest BCUT2D eigenvalue weighted by Crippen LogP contribution is 2.18. The topological polar surface area (TPSA) is 58.6 Å². The fraction of sp³-hybridized carbons (Fsp3) is 0.929. The van der Waals surface area contributed by atoms with Gasteiger partial charge in [0.25, 0.3) is 0 Å². The molecule has 0 aromatic carbocycles. The van der Waals surface area contributed by atoms with E-state index in [2.05, 4.69) is 5.32 Å². The van der Waals surface area contributed by atoms with Gasteiger partial charge in [-0.25, -0.2) is 4.79 Å². The summed E-state index contributed by atoms with van der Waals surface area (Å²) in [6.07, 6.45) is 6.19. The van der Waals surface area contributed by atoms with E-state index in [4.69, 9.17) is 4.74 Å². The molecule has 2 N–H and O–H groups in total. The van der Waals surface area contributed by atoms with Crippen LogP contribution in [0.15, 0.2) is 0 Å². The number of hydrogen-bond donors (Lipinski definition) is 2. The lowest BCUT2D eigenvalue weighted by atomic mass is 10.1. The zero-order chi connectivity index (χ0) is 13.6. The van der Waals surface area contributed by atoms with Crippen LogP contribution in [0.4, 0.5) is 4.79 Å². The zero-order valence-electron chi connectivity index (χ0n) is 11.9. The van der Waals surface area contributed by atoms with Gasteiger partial charge in [-0.3, -0.25) is 0 Å². The fourth-order valence-corrected chi connectivity index (χ4v) is 2.28. The number of alkyl carbamates (subject to hydrolysis) is 1. The highest BCUT2D eigenvalue weighted by molar-refractivity contribution is 5.68. The molecule has 106 valence electrons. The molecule has 0 spiro atoms. The van der Waals surface area contributed by atoms with E-state index in [0.717, 1.165) is 44.9 Å². The van der Waals surface area contributed by atoms with Crippen molar-refractivity contribution in [1.82, 2.24) is 5.32 Å². The van der Waals surface area contributed by atoms with Crippen LogP contribution in [0.5, 0.6) is 0 Å². The van der Waals surface area contributed by atoms with Crippen LogP contribution in [-0.4, -0.2) is 28.9 Å². The van der Waals surface area contributed by atoms with Crippen LogP contribution in [0.3, 0.4) is 0 Å². The van der Waals surface area contributed by atoms with Gasteiger partial charge in [0.1, 0.15) is 5.60 Å². The average molecular weight is 257 g/mol. The van der Waals surface area contributed by atoms with Crippen LogP contribution in [0.2, 0.25) is 0 Å². The number of carbonyl (C=O) groups is 1. The Morgan fingerprint density at radius 1 is 1.11 bits per heavy atom. The Balaban J connectivity index is 2.37. The third-order valence-corrected chi connectivity index (χ3v) is 3.15. The molecule has 2 atom stereocenters. The fourth-order valence-electron chi connectivity index (χ4n) is 2.28. The van der Waals surface area contributed by atoms with Gasteiger partial charge in [0, 0.05) is 6.04 Å². The van der Waals surface area contributed by atoms with Crippen LogP contribution in [0.25, 0.3) is 0 Å². The van der Waals surface area contributed by atoms with Gasteiger partial charge < -0.3 is 15.2 Å². The summed E-state index contributed by atoms with van der Waals surface area (Å²) >= 11 is 0. The Kier molecular flexibility index (Phi) is 5.93. The van der Waals surface area contributed by atoms with E-state index in [0.29, 0.717) is 0 Å². The first kappa shape index (κ1) is 15.3. The van der Waals surface area contributed by atoms with Crippen molar-refractivity contribution in [1.29, 1.82) is 0 Å². The molecule has 0 saturated heterocycles. The molecule has 1 aliphatic rings. The monoisotopic (exact) mass is 257 g/mol. The maximum absolute atomic E-state index is 11.7. The number of aliphatic hydroxyl groups is 1. The second kappa shape index (κ2) is 6.98. The molecule has 18 heavy (non-hydrogen) atoms. The van der Waals surface area contributed by atoms with Crippen molar-refractivity contribution in [3.63, 3.8) is 0 Å². The lowest BCUT2D eigenvalue weighted by molar-refractivity contribution is 0.0498. The Morgan fingerprint density at radius 2 is 1.67 bits per heavy atom. The molecule has 4 nitrogen and oxygen atoms in total. The van der Waals surface area contributed by atoms with Crippen molar-refractivity contribution < 1.29 is 14.6 Å². The van der Waals surface area contributed by atoms with Gasteiger partial charge in [0.05, 0.1) is 6.10 Å². The largest absolute Gasteiger partial charge is 0.444 e. The minimum Gasteiger partial charge on any atom is -0.444 e. The van der Waals surface area contributed by atoms with E-state index in [1.165, 1.54) is 0 Å². The van der Waals surface area contributed by atoms with E-state index < -0.39 is 5.60 Å². The average Bonchev–Trinajstić information content (AvgIpc) is 2.28. The summed E-state index contributed by atoms with van der Waals surface area (Å²) in [4.78, 5) is 11.7. The van der Waals surface area contributed by atoms with Crippen LogP contribution in [-0.2, 0) is 4.74 Å². The summed E-state index contributed by atoms with van der Waals surface area (Å²) in [6.45, 7) is 5.60. The summed E-state index contributed by atoms with van der Waals surface area (Å²) < 4.78 is 5.27. The summed E-state index contributed by atoms with van der Waals surface area (Å²) in [5.41, 5.74) is -0.446. The number of carbonyl (C=O) groups excluding carboxylic acids is 1. The summed E-state index contributed by atoms with van der Waals surface area (Å²) in [5, 5.41) is 12.6. The molecule has 0 heterocycles. The van der Waals surface area contributed by atoms with Gasteiger partial charge in [-0.15, -0.1) is 0 Å². The van der Waals surface area contributed by atoms with Crippen molar-refractivity contribution in [2.75, 3.05) is 0 Å². The second-order valence-electron chi connectivity index (χ2n) is 6.21. The first-order chi connectivity index (χ1) is 8.37. The maximum atomic E-state index is 11.7. The van der Waals surface area contributed by atoms with Crippen molar-refractivity contribution in [2.45, 2.75) is 83.5 Å². The van der Waals surface area contributed by atoms with Crippen LogP contribution >= 0.6 is 0 Å². The summed E-state index contributed by atoms with van der Waals surface area (Å²) in [7, 11) is 0. The number of aliphatic hydroxyl groups excluding tert-OH is 1. The van der Waals surface area contributed by atoms with Crippen molar-refractivity contribution >= 4 is 6.09 Å². The Labute approximate surface area is 110 Å². The molecule has 1 amide bonds. The molecule has 1 unspecified atom stereocenters. The first-order valence-electron chi connectivity index (χ1n) is 7.04. The van der Waals surface area contributed by atoms with Crippen molar-refractivity contribution in [3.05, 3.63) is 0 Å². The highest BCUT2D eigenvalue weighted by atomic mass is 16.6. The van der Waals surface area contributed by atoms with Gasteiger partial charge in [0.2, 0.25) is 0 Å². The summed E-state index contributed by atoms with van der Waals surface area (Å²) in [6, 6.07) is 0.185. The number of rotatable bonds is 1. The first-order valence-corrected chi connectivity index (χ1v) is 7.04. The zero-order valence-corrected chi connectivity index (χ0v) is 11.9. The molecule has 1 rings (SSSR count). The third kappa shape index (κ3) is 6.84. The molecule has 1 saturated carbocycles. The molecule has 0 aromatic heterocycles. The van der Waals surface area contributed by atoms with E-state index >= 15 is 0 Å². The Hall–Kier alpha value is -0.770. The van der Waals surface area contributed by atoms with Crippen LogP contribution < -0.4 is 5.32 Å². The summed E-state index contributed by atoms with van der Waals surface area (Å²) in [5.74, 6) is 0. The molecule has 0 bridgehead atoms. The standard InChI is InChI=1S/C14H27NO3/c1-14(2,3)18-13(17)15-11-7-4-5-9-12(16)10-6-8-11/h11-12,16H,4-10H2,1-3H3,(H,15,17)/t11-,12?/m1/s1. The van der Waals surface area contributed by atoms with E-state index in [1.54, 1.807) is 0 Å². The van der Waals surface area contributed by atoms with E-state index in [9.17, 15) is 9.90 Å². The molecular weight excluding hydrogens is 230 g/mol. The van der Waals surface area contributed by atoms with Crippen LogP contribution in [0.1, 0.15) is 65.7 Å².